The second-order valence-electron chi connectivity index (χ2n) is 7.57. The van der Waals surface area contributed by atoms with Crippen molar-refractivity contribution in [3.8, 4) is 5.75 Å². The average Bonchev–Trinajstić information content (AvgIpc) is 2.86. The predicted octanol–water partition coefficient (Wildman–Crippen LogP) is 4.32. The Bertz CT molecular complexity index is 1230. The number of hydrogen-bond acceptors (Lipinski definition) is 5. The summed E-state index contributed by atoms with van der Waals surface area (Å²) in [7, 11) is 0. The van der Waals surface area contributed by atoms with Gasteiger partial charge in [0.2, 0.25) is 0 Å². The Labute approximate surface area is 208 Å². The number of hydrogen-bond donors (Lipinski definition) is 3. The average molecular weight is 493 g/mol. The maximum absolute atomic E-state index is 12.1. The number of aryl methyl sites for hydroxylation is 2. The summed E-state index contributed by atoms with van der Waals surface area (Å²) in [6.07, 6.45) is 2.27. The molecule has 0 fully saturated rings. The highest BCUT2D eigenvalue weighted by molar-refractivity contribution is 6.39. The molecule has 0 aliphatic carbocycles. The van der Waals surface area contributed by atoms with Crippen molar-refractivity contribution in [2.45, 2.75) is 20.3 Å². The minimum atomic E-state index is -0.887. The molecule has 0 bridgehead atoms. The van der Waals surface area contributed by atoms with Crippen molar-refractivity contribution in [3.05, 3.63) is 88.4 Å². The summed E-state index contributed by atoms with van der Waals surface area (Å²) in [5.41, 5.74) is 6.02. The van der Waals surface area contributed by atoms with Gasteiger partial charge in [-0.15, -0.1) is 0 Å². The van der Waals surface area contributed by atoms with Crippen LogP contribution >= 0.6 is 11.6 Å². The molecule has 0 saturated heterocycles. The smallest absolute Gasteiger partial charge is 0.329 e. The number of nitrogens with one attached hydrogen (secondary N) is 3. The quantitative estimate of drug-likeness (QED) is 0.247. The number of benzene rings is 3. The number of carbonyl (C=O) groups is 3. The van der Waals surface area contributed by atoms with Crippen molar-refractivity contribution in [1.82, 2.24) is 5.43 Å². The van der Waals surface area contributed by atoms with Crippen LogP contribution in [-0.4, -0.2) is 30.5 Å². The number of anilines is 2. The molecule has 8 nitrogen and oxygen atoms in total. The Balaban J connectivity index is 1.43. The van der Waals surface area contributed by atoms with Crippen LogP contribution in [0.3, 0.4) is 0 Å². The molecule has 3 aromatic rings. The SMILES string of the molecule is CCc1ccc(NC(=O)C(=O)N/N=C\c2ccc(OCC(=O)Nc3cc(Cl)ccc3C)cc2)cc1. The maximum Gasteiger partial charge on any atom is 0.329 e. The molecule has 9 heteroatoms. The Morgan fingerprint density at radius 3 is 2.34 bits per heavy atom. The number of rotatable bonds is 8. The van der Waals surface area contributed by atoms with Crippen LogP contribution in [-0.2, 0) is 20.8 Å². The van der Waals surface area contributed by atoms with E-state index < -0.39 is 11.8 Å². The molecule has 0 radical (unpaired) electrons. The fourth-order valence-corrected chi connectivity index (χ4v) is 3.11. The van der Waals surface area contributed by atoms with E-state index in [9.17, 15) is 14.4 Å². The molecular formula is C26H25ClN4O4. The van der Waals surface area contributed by atoms with E-state index in [1.165, 1.54) is 6.21 Å². The molecule has 0 heterocycles. The largest absolute Gasteiger partial charge is 0.484 e. The van der Waals surface area contributed by atoms with E-state index in [0.717, 1.165) is 17.5 Å². The highest BCUT2D eigenvalue weighted by Crippen LogP contribution is 2.20. The van der Waals surface area contributed by atoms with Gasteiger partial charge < -0.3 is 15.4 Å². The van der Waals surface area contributed by atoms with E-state index in [4.69, 9.17) is 16.3 Å². The molecule has 3 amide bonds. The van der Waals surface area contributed by atoms with Crippen molar-refractivity contribution in [2.75, 3.05) is 17.2 Å². The third-order valence-corrected chi connectivity index (χ3v) is 5.16. The second-order valence-corrected chi connectivity index (χ2v) is 8.01. The van der Waals surface area contributed by atoms with Gasteiger partial charge in [-0.05, 0) is 78.6 Å². The van der Waals surface area contributed by atoms with Crippen molar-refractivity contribution >= 4 is 46.9 Å². The summed E-state index contributed by atoms with van der Waals surface area (Å²) in [6.45, 7) is 3.72. The lowest BCUT2D eigenvalue weighted by Crippen LogP contribution is -2.32. The van der Waals surface area contributed by atoms with Crippen molar-refractivity contribution in [3.63, 3.8) is 0 Å². The number of amides is 3. The van der Waals surface area contributed by atoms with Gasteiger partial charge in [0.15, 0.2) is 6.61 Å². The molecule has 0 aliphatic rings. The molecule has 0 aromatic heterocycles. The predicted molar refractivity (Wildman–Crippen MR) is 137 cm³/mol. The van der Waals surface area contributed by atoms with Gasteiger partial charge in [0.05, 0.1) is 6.21 Å². The summed E-state index contributed by atoms with van der Waals surface area (Å²) in [4.78, 5) is 36.1. The van der Waals surface area contributed by atoms with Crippen LogP contribution in [0.15, 0.2) is 71.8 Å². The first kappa shape index (κ1) is 25.5. The third-order valence-electron chi connectivity index (χ3n) is 4.93. The first-order valence-electron chi connectivity index (χ1n) is 10.9. The fourth-order valence-electron chi connectivity index (χ4n) is 2.94. The topological polar surface area (TPSA) is 109 Å². The Kier molecular flexibility index (Phi) is 8.97. The van der Waals surface area contributed by atoms with Gasteiger partial charge in [-0.1, -0.05) is 36.7 Å². The summed E-state index contributed by atoms with van der Waals surface area (Å²) in [5.74, 6) is -1.54. The highest BCUT2D eigenvalue weighted by atomic mass is 35.5. The second kappa shape index (κ2) is 12.3. The van der Waals surface area contributed by atoms with Gasteiger partial charge in [0, 0.05) is 16.4 Å². The van der Waals surface area contributed by atoms with E-state index >= 15 is 0 Å². The molecule has 0 unspecified atom stereocenters. The van der Waals surface area contributed by atoms with E-state index in [2.05, 4.69) is 21.2 Å². The lowest BCUT2D eigenvalue weighted by Gasteiger charge is -2.10. The van der Waals surface area contributed by atoms with Crippen LogP contribution in [0, 0.1) is 6.92 Å². The zero-order valence-electron chi connectivity index (χ0n) is 19.3. The molecule has 35 heavy (non-hydrogen) atoms. The monoisotopic (exact) mass is 492 g/mol. The van der Waals surface area contributed by atoms with Gasteiger partial charge in [-0.2, -0.15) is 5.10 Å². The van der Waals surface area contributed by atoms with E-state index in [1.807, 2.05) is 32.0 Å². The zero-order valence-corrected chi connectivity index (χ0v) is 20.1. The molecule has 0 spiro atoms. The summed E-state index contributed by atoms with van der Waals surface area (Å²) in [6, 6.07) is 19.2. The van der Waals surface area contributed by atoms with Crippen LogP contribution in [0.4, 0.5) is 11.4 Å². The van der Waals surface area contributed by atoms with Crippen molar-refractivity contribution < 1.29 is 19.1 Å². The molecule has 3 rings (SSSR count). The summed E-state index contributed by atoms with van der Waals surface area (Å²) >= 11 is 5.96. The Morgan fingerprint density at radius 1 is 0.943 bits per heavy atom. The third kappa shape index (κ3) is 7.97. The molecule has 3 N–H and O–H groups in total. The van der Waals surface area contributed by atoms with Crippen LogP contribution < -0.4 is 20.8 Å². The first-order chi connectivity index (χ1) is 16.8. The van der Waals surface area contributed by atoms with E-state index in [0.29, 0.717) is 27.7 Å². The standard InChI is InChI=1S/C26H25ClN4O4/c1-3-18-5-10-21(11-6-18)29-25(33)26(34)31-28-15-19-7-12-22(13-8-19)35-16-24(32)30-23-14-20(27)9-4-17(23)2/h4-15H,3,16H2,1-2H3,(H,29,33)(H,30,32)(H,31,34)/b28-15-. The Hall–Kier alpha value is -4.17. The molecule has 3 aromatic carbocycles. The number of carbonyl (C=O) groups excluding carboxylic acids is 3. The summed E-state index contributed by atoms with van der Waals surface area (Å²) in [5, 5.41) is 9.60. The minimum Gasteiger partial charge on any atom is -0.484 e. The van der Waals surface area contributed by atoms with Crippen LogP contribution in [0.25, 0.3) is 0 Å². The number of halogens is 1. The van der Waals surface area contributed by atoms with Gasteiger partial charge in [-0.3, -0.25) is 14.4 Å². The lowest BCUT2D eigenvalue weighted by molar-refractivity contribution is -0.136. The molecule has 0 saturated carbocycles. The highest BCUT2D eigenvalue weighted by Gasteiger charge is 2.12. The van der Waals surface area contributed by atoms with Crippen LogP contribution in [0.2, 0.25) is 5.02 Å². The molecule has 0 atom stereocenters. The number of ether oxygens (including phenoxy) is 1. The number of nitrogens with zero attached hydrogens (tertiary/aromatic N) is 1. The van der Waals surface area contributed by atoms with Crippen LogP contribution in [0.5, 0.6) is 5.75 Å². The zero-order chi connectivity index (χ0) is 25.2. The first-order valence-corrected chi connectivity index (χ1v) is 11.2. The van der Waals surface area contributed by atoms with Gasteiger partial charge in [0.1, 0.15) is 5.75 Å². The normalized spacial score (nSPS) is 10.6. The van der Waals surface area contributed by atoms with Crippen molar-refractivity contribution in [2.24, 2.45) is 5.10 Å². The van der Waals surface area contributed by atoms with Crippen molar-refractivity contribution in [1.29, 1.82) is 0 Å². The van der Waals surface area contributed by atoms with Gasteiger partial charge in [-0.25, -0.2) is 5.43 Å². The van der Waals surface area contributed by atoms with Crippen LogP contribution in [0.1, 0.15) is 23.6 Å². The molecular weight excluding hydrogens is 468 g/mol. The fraction of sp³-hybridized carbons (Fsp3) is 0.154. The summed E-state index contributed by atoms with van der Waals surface area (Å²) < 4.78 is 5.50. The molecule has 180 valence electrons. The minimum absolute atomic E-state index is 0.175. The van der Waals surface area contributed by atoms with Gasteiger partial charge >= 0.3 is 11.8 Å². The number of hydrazone groups is 1. The van der Waals surface area contributed by atoms with Gasteiger partial charge in [0.25, 0.3) is 5.91 Å². The Morgan fingerprint density at radius 2 is 1.66 bits per heavy atom. The van der Waals surface area contributed by atoms with E-state index in [-0.39, 0.29) is 12.5 Å². The van der Waals surface area contributed by atoms with E-state index in [1.54, 1.807) is 48.5 Å². The maximum atomic E-state index is 12.1. The molecule has 0 aliphatic heterocycles. The lowest BCUT2D eigenvalue weighted by atomic mass is 10.1.